The summed E-state index contributed by atoms with van der Waals surface area (Å²) in [6, 6.07) is -4.97. The Labute approximate surface area is 185 Å². The molecule has 4 unspecified atom stereocenters. The fourth-order valence-electron chi connectivity index (χ4n) is 2.54. The van der Waals surface area contributed by atoms with Gasteiger partial charge in [0.15, 0.2) is 0 Å². The van der Waals surface area contributed by atoms with Crippen molar-refractivity contribution in [2.24, 2.45) is 17.4 Å². The minimum atomic E-state index is -1.62. The van der Waals surface area contributed by atoms with Gasteiger partial charge in [-0.2, -0.15) is 11.8 Å². The van der Waals surface area contributed by atoms with Crippen molar-refractivity contribution in [3.63, 3.8) is 0 Å². The van der Waals surface area contributed by atoms with Gasteiger partial charge in [-0.15, -0.1) is 0 Å². The van der Waals surface area contributed by atoms with Crippen molar-refractivity contribution >= 4 is 41.4 Å². The molecule has 0 radical (unpaired) electrons. The molecule has 0 aliphatic carbocycles. The number of nitrogens with two attached hydrogens (primary N) is 2. The highest BCUT2D eigenvalue weighted by Gasteiger charge is 2.31. The molecule has 31 heavy (non-hydrogen) atoms. The summed E-state index contributed by atoms with van der Waals surface area (Å²) >= 11 is 1.43. The van der Waals surface area contributed by atoms with Crippen molar-refractivity contribution in [3.8, 4) is 0 Å². The van der Waals surface area contributed by atoms with Crippen molar-refractivity contribution in [2.75, 3.05) is 18.6 Å². The van der Waals surface area contributed by atoms with Crippen LogP contribution < -0.4 is 27.4 Å². The number of thioether (sulfide) groups is 1. The molecule has 4 amide bonds. The minimum Gasteiger partial charge on any atom is -0.480 e. The van der Waals surface area contributed by atoms with Gasteiger partial charge in [-0.3, -0.25) is 19.2 Å². The van der Waals surface area contributed by atoms with E-state index in [1.54, 1.807) is 0 Å². The normalized spacial score (nSPS) is 14.8. The molecule has 0 aliphatic heterocycles. The molecule has 0 aromatic rings. The molecule has 0 saturated carbocycles. The smallest absolute Gasteiger partial charge is 0.328 e. The largest absolute Gasteiger partial charge is 0.480 e. The highest BCUT2D eigenvalue weighted by Crippen LogP contribution is 2.06. The predicted molar refractivity (Wildman–Crippen MR) is 115 cm³/mol. The van der Waals surface area contributed by atoms with Crippen LogP contribution in [0, 0.1) is 5.92 Å². The van der Waals surface area contributed by atoms with E-state index in [2.05, 4.69) is 10.6 Å². The van der Waals surface area contributed by atoms with Crippen LogP contribution in [0.5, 0.6) is 0 Å². The van der Waals surface area contributed by atoms with Gasteiger partial charge in [-0.25, -0.2) is 4.79 Å². The molecule has 13 heteroatoms. The van der Waals surface area contributed by atoms with E-state index in [9.17, 15) is 24.0 Å². The van der Waals surface area contributed by atoms with Gasteiger partial charge in [0.25, 0.3) is 0 Å². The summed E-state index contributed by atoms with van der Waals surface area (Å²) in [6.07, 6.45) is 1.84. The number of nitrogens with one attached hydrogen (secondary N) is 3. The van der Waals surface area contributed by atoms with Crippen molar-refractivity contribution < 1.29 is 34.2 Å². The third-order valence-corrected chi connectivity index (χ3v) is 4.79. The number of aliphatic carboxylic acids is 1. The molecule has 178 valence electrons. The lowest BCUT2D eigenvalue weighted by Gasteiger charge is -2.24. The standard InChI is InChI=1S/C18H33N5O7S/c1-9(2)6-10(19)15(26)21-11(4-5-31-3)16(27)22-12(7-14(20)25)17(28)23-13(8-24)18(29)30/h9-13,24H,4-8,19H2,1-3H3,(H2,20,25)(H,21,26)(H,22,27)(H,23,28)(H,29,30). The lowest BCUT2D eigenvalue weighted by Crippen LogP contribution is -2.58. The number of primary amides is 1. The van der Waals surface area contributed by atoms with Crippen LogP contribution in [0.25, 0.3) is 0 Å². The van der Waals surface area contributed by atoms with Crippen molar-refractivity contribution in [1.82, 2.24) is 16.0 Å². The maximum Gasteiger partial charge on any atom is 0.328 e. The summed E-state index contributed by atoms with van der Waals surface area (Å²) in [5, 5.41) is 24.9. The Morgan fingerprint density at radius 1 is 0.935 bits per heavy atom. The van der Waals surface area contributed by atoms with Gasteiger partial charge in [0.2, 0.25) is 23.6 Å². The number of hydrogen-bond donors (Lipinski definition) is 7. The number of carbonyl (C=O) groups is 5. The summed E-state index contributed by atoms with van der Waals surface area (Å²) in [4.78, 5) is 59.8. The zero-order valence-corrected chi connectivity index (χ0v) is 18.7. The Kier molecular flexibility index (Phi) is 13.5. The first-order chi connectivity index (χ1) is 14.4. The molecule has 9 N–H and O–H groups in total. The monoisotopic (exact) mass is 463 g/mol. The van der Waals surface area contributed by atoms with E-state index in [1.807, 2.05) is 25.4 Å². The molecule has 0 fully saturated rings. The number of aliphatic hydroxyl groups is 1. The Balaban J connectivity index is 5.38. The predicted octanol–water partition coefficient (Wildman–Crippen LogP) is -2.48. The third kappa shape index (κ3) is 11.5. The Hall–Kier alpha value is -2.38. The second-order valence-electron chi connectivity index (χ2n) is 7.39. The summed E-state index contributed by atoms with van der Waals surface area (Å²) in [7, 11) is 0. The summed E-state index contributed by atoms with van der Waals surface area (Å²) in [5.74, 6) is -4.04. The van der Waals surface area contributed by atoms with Gasteiger partial charge in [0.05, 0.1) is 19.1 Å². The fraction of sp³-hybridized carbons (Fsp3) is 0.722. The van der Waals surface area contributed by atoms with Gasteiger partial charge in [-0.1, -0.05) is 13.8 Å². The topological polar surface area (TPSA) is 214 Å². The van der Waals surface area contributed by atoms with Crippen LogP contribution in [-0.4, -0.2) is 82.6 Å². The van der Waals surface area contributed by atoms with Crippen molar-refractivity contribution in [2.45, 2.75) is 57.3 Å². The van der Waals surface area contributed by atoms with E-state index in [0.29, 0.717) is 12.2 Å². The number of rotatable bonds is 15. The Morgan fingerprint density at radius 3 is 1.90 bits per heavy atom. The zero-order valence-electron chi connectivity index (χ0n) is 17.9. The number of carbonyl (C=O) groups excluding carboxylic acids is 4. The average Bonchev–Trinajstić information content (AvgIpc) is 2.66. The molecule has 0 rings (SSSR count). The van der Waals surface area contributed by atoms with Gasteiger partial charge < -0.3 is 37.6 Å². The lowest BCUT2D eigenvalue weighted by molar-refractivity contribution is -0.143. The molecule has 0 saturated heterocycles. The van der Waals surface area contributed by atoms with Gasteiger partial charge >= 0.3 is 5.97 Å². The first-order valence-corrected chi connectivity index (χ1v) is 11.1. The van der Waals surface area contributed by atoms with E-state index >= 15 is 0 Å². The number of aliphatic hydroxyl groups excluding tert-OH is 1. The molecule has 12 nitrogen and oxygen atoms in total. The summed E-state index contributed by atoms with van der Waals surface area (Å²) < 4.78 is 0. The molecule has 0 bridgehead atoms. The molecule has 0 heterocycles. The SMILES string of the molecule is CSCCC(NC(=O)C(N)CC(C)C)C(=O)NC(CC(N)=O)C(=O)NC(CO)C(=O)O. The highest BCUT2D eigenvalue weighted by molar-refractivity contribution is 7.98. The van der Waals surface area contributed by atoms with Gasteiger partial charge in [0, 0.05) is 0 Å². The molecule has 0 spiro atoms. The Bertz CT molecular complexity index is 647. The minimum absolute atomic E-state index is 0.163. The van der Waals surface area contributed by atoms with Crippen LogP contribution in [0.2, 0.25) is 0 Å². The van der Waals surface area contributed by atoms with E-state index in [4.69, 9.17) is 21.7 Å². The number of hydrogen-bond acceptors (Lipinski definition) is 8. The van der Waals surface area contributed by atoms with Crippen LogP contribution in [0.1, 0.15) is 33.1 Å². The van der Waals surface area contributed by atoms with E-state index < -0.39 is 66.8 Å². The van der Waals surface area contributed by atoms with Gasteiger partial charge in [-0.05, 0) is 30.8 Å². The van der Waals surface area contributed by atoms with Crippen molar-refractivity contribution in [3.05, 3.63) is 0 Å². The average molecular weight is 464 g/mol. The zero-order chi connectivity index (χ0) is 24.1. The van der Waals surface area contributed by atoms with Crippen molar-refractivity contribution in [1.29, 1.82) is 0 Å². The van der Waals surface area contributed by atoms with E-state index in [1.165, 1.54) is 11.8 Å². The van der Waals surface area contributed by atoms with Crippen LogP contribution in [0.4, 0.5) is 0 Å². The maximum atomic E-state index is 12.7. The van der Waals surface area contributed by atoms with E-state index in [-0.39, 0.29) is 12.3 Å². The van der Waals surface area contributed by atoms with Crippen LogP contribution >= 0.6 is 11.8 Å². The maximum absolute atomic E-state index is 12.7. The van der Waals surface area contributed by atoms with Crippen LogP contribution in [0.3, 0.4) is 0 Å². The first-order valence-electron chi connectivity index (χ1n) is 9.70. The summed E-state index contributed by atoms with van der Waals surface area (Å²) in [6.45, 7) is 2.90. The first kappa shape index (κ1) is 28.6. The second kappa shape index (κ2) is 14.6. The molecule has 0 aromatic heterocycles. The molecule has 0 aliphatic rings. The second-order valence-corrected chi connectivity index (χ2v) is 8.38. The molecular weight excluding hydrogens is 430 g/mol. The van der Waals surface area contributed by atoms with E-state index in [0.717, 1.165) is 0 Å². The number of carboxylic acid groups (broad SMARTS) is 1. The van der Waals surface area contributed by atoms with Crippen LogP contribution in [-0.2, 0) is 24.0 Å². The number of amides is 4. The fourth-order valence-corrected chi connectivity index (χ4v) is 3.01. The third-order valence-electron chi connectivity index (χ3n) is 4.14. The number of carboxylic acids is 1. The molecule has 4 atom stereocenters. The lowest BCUT2D eigenvalue weighted by atomic mass is 10.0. The quantitative estimate of drug-likeness (QED) is 0.137. The summed E-state index contributed by atoms with van der Waals surface area (Å²) in [5.41, 5.74) is 11.0. The molecular formula is C18H33N5O7S. The highest BCUT2D eigenvalue weighted by atomic mass is 32.2. The van der Waals surface area contributed by atoms with Gasteiger partial charge in [0.1, 0.15) is 18.1 Å². The molecule has 0 aromatic carbocycles. The van der Waals surface area contributed by atoms with Crippen LogP contribution in [0.15, 0.2) is 0 Å². The Morgan fingerprint density at radius 2 is 1.45 bits per heavy atom.